The van der Waals surface area contributed by atoms with E-state index >= 15 is 0 Å². The molecule has 2 aliphatic heterocycles. The van der Waals surface area contributed by atoms with Crippen molar-refractivity contribution >= 4 is 11.6 Å². The number of para-hydroxylation sites is 1. The molecule has 2 aromatic rings. The van der Waals surface area contributed by atoms with Gasteiger partial charge >= 0.3 is 0 Å². The second-order valence-electron chi connectivity index (χ2n) is 7.20. The summed E-state index contributed by atoms with van der Waals surface area (Å²) in [7, 11) is 0. The Hall–Kier alpha value is -2.18. The number of hydrogen-bond donors (Lipinski definition) is 0. The molecule has 0 N–H and O–H groups in total. The van der Waals surface area contributed by atoms with E-state index in [0.29, 0.717) is 6.54 Å². The third-order valence-corrected chi connectivity index (χ3v) is 5.47. The van der Waals surface area contributed by atoms with Gasteiger partial charge in [0.1, 0.15) is 0 Å². The van der Waals surface area contributed by atoms with Crippen LogP contribution >= 0.6 is 0 Å². The maximum Gasteiger partial charge on any atom is 0.241 e. The van der Waals surface area contributed by atoms with Gasteiger partial charge in [0.05, 0.1) is 12.9 Å². The van der Waals surface area contributed by atoms with Crippen molar-refractivity contribution < 1.29 is 4.79 Å². The SMILES string of the molecule is O=C(CN1CCN(CCn2ccnc2)CC1)N1CCCc2ccccc21. The van der Waals surface area contributed by atoms with Gasteiger partial charge in [0.25, 0.3) is 0 Å². The van der Waals surface area contributed by atoms with Gasteiger partial charge in [0.15, 0.2) is 0 Å². The topological polar surface area (TPSA) is 44.6 Å². The Morgan fingerprint density at radius 3 is 2.62 bits per heavy atom. The third-order valence-electron chi connectivity index (χ3n) is 5.47. The quantitative estimate of drug-likeness (QED) is 0.817. The smallest absolute Gasteiger partial charge is 0.241 e. The number of fused-ring (bicyclic) bond motifs is 1. The standard InChI is InChI=1S/C20H27N5O/c26-20(25-8-3-5-18-4-1-2-6-19(18)25)16-23-13-10-22(11-14-23)12-15-24-9-7-21-17-24/h1-2,4,6-7,9,17H,3,5,8,10-16H2. The minimum atomic E-state index is 0.240. The van der Waals surface area contributed by atoms with Crippen LogP contribution in [-0.4, -0.2) is 71.1 Å². The molecule has 4 rings (SSSR count). The van der Waals surface area contributed by atoms with E-state index in [2.05, 4.69) is 37.5 Å². The highest BCUT2D eigenvalue weighted by Gasteiger charge is 2.25. The Bertz CT molecular complexity index is 722. The van der Waals surface area contributed by atoms with E-state index in [4.69, 9.17) is 0 Å². The van der Waals surface area contributed by atoms with Crippen molar-refractivity contribution in [3.05, 3.63) is 48.5 Å². The van der Waals surface area contributed by atoms with Crippen LogP contribution in [0.4, 0.5) is 5.69 Å². The maximum absolute atomic E-state index is 12.9. The van der Waals surface area contributed by atoms with Crippen LogP contribution in [0.15, 0.2) is 43.0 Å². The number of imidazole rings is 1. The lowest BCUT2D eigenvalue weighted by atomic mass is 10.0. The molecule has 1 fully saturated rings. The number of rotatable bonds is 5. The highest BCUT2D eigenvalue weighted by Crippen LogP contribution is 2.26. The minimum absolute atomic E-state index is 0.240. The number of nitrogens with zero attached hydrogens (tertiary/aromatic N) is 5. The van der Waals surface area contributed by atoms with Gasteiger partial charge in [0, 0.05) is 63.9 Å². The molecule has 0 radical (unpaired) electrons. The number of carbonyl (C=O) groups is 1. The molecule has 0 atom stereocenters. The average molecular weight is 353 g/mol. The Morgan fingerprint density at radius 1 is 1.00 bits per heavy atom. The van der Waals surface area contributed by atoms with Crippen molar-refractivity contribution in [3.8, 4) is 0 Å². The summed E-state index contributed by atoms with van der Waals surface area (Å²) in [6, 6.07) is 8.33. The van der Waals surface area contributed by atoms with Crippen LogP contribution in [0, 0.1) is 0 Å². The summed E-state index contributed by atoms with van der Waals surface area (Å²) < 4.78 is 2.11. The van der Waals surface area contributed by atoms with Crippen LogP contribution in [0.5, 0.6) is 0 Å². The lowest BCUT2D eigenvalue weighted by molar-refractivity contribution is -0.120. The highest BCUT2D eigenvalue weighted by atomic mass is 16.2. The normalized spacial score (nSPS) is 18.7. The predicted octanol–water partition coefficient (Wildman–Crippen LogP) is 1.48. The van der Waals surface area contributed by atoms with Crippen LogP contribution in [0.1, 0.15) is 12.0 Å². The lowest BCUT2D eigenvalue weighted by Gasteiger charge is -2.36. The summed E-state index contributed by atoms with van der Waals surface area (Å²) in [4.78, 5) is 23.7. The third kappa shape index (κ3) is 3.97. The summed E-state index contributed by atoms with van der Waals surface area (Å²) in [5.41, 5.74) is 2.42. The number of aromatic nitrogens is 2. The van der Waals surface area contributed by atoms with Gasteiger partial charge in [0.2, 0.25) is 5.91 Å². The van der Waals surface area contributed by atoms with Crippen molar-refractivity contribution in [3.63, 3.8) is 0 Å². The van der Waals surface area contributed by atoms with Crippen LogP contribution < -0.4 is 4.90 Å². The largest absolute Gasteiger partial charge is 0.336 e. The lowest BCUT2D eigenvalue weighted by Crippen LogP contribution is -2.51. The fraction of sp³-hybridized carbons (Fsp3) is 0.500. The number of amides is 1. The number of hydrogen-bond acceptors (Lipinski definition) is 4. The number of piperazine rings is 1. The Kier molecular flexibility index (Phi) is 5.32. The molecule has 1 amide bonds. The summed E-state index contributed by atoms with van der Waals surface area (Å²) in [6.07, 6.45) is 7.83. The molecule has 1 aromatic heterocycles. The Labute approximate surface area is 155 Å². The first kappa shape index (κ1) is 17.2. The van der Waals surface area contributed by atoms with Crippen molar-refractivity contribution in [2.75, 3.05) is 50.7 Å². The van der Waals surface area contributed by atoms with Crippen LogP contribution in [0.2, 0.25) is 0 Å². The van der Waals surface area contributed by atoms with Gasteiger partial charge in [-0.15, -0.1) is 0 Å². The van der Waals surface area contributed by atoms with Crippen molar-refractivity contribution in [1.29, 1.82) is 0 Å². The number of carbonyl (C=O) groups excluding carboxylic acids is 1. The zero-order chi connectivity index (χ0) is 17.8. The molecule has 26 heavy (non-hydrogen) atoms. The fourth-order valence-corrected chi connectivity index (χ4v) is 3.92. The molecule has 1 saturated heterocycles. The summed E-state index contributed by atoms with van der Waals surface area (Å²) >= 11 is 0. The molecule has 1 aromatic carbocycles. The van der Waals surface area contributed by atoms with E-state index in [1.165, 1.54) is 5.56 Å². The predicted molar refractivity (Wildman–Crippen MR) is 102 cm³/mol. The van der Waals surface area contributed by atoms with E-state index in [1.54, 1.807) is 0 Å². The molecule has 2 aliphatic rings. The maximum atomic E-state index is 12.9. The Morgan fingerprint density at radius 2 is 1.81 bits per heavy atom. The molecule has 0 spiro atoms. The zero-order valence-electron chi connectivity index (χ0n) is 15.3. The number of aryl methyl sites for hydroxylation is 1. The van der Waals surface area contributed by atoms with Crippen molar-refractivity contribution in [1.82, 2.24) is 19.4 Å². The molecule has 0 saturated carbocycles. The molecule has 6 heteroatoms. The second kappa shape index (κ2) is 8.01. The Balaban J connectivity index is 1.26. The van der Waals surface area contributed by atoms with Crippen molar-refractivity contribution in [2.45, 2.75) is 19.4 Å². The van der Waals surface area contributed by atoms with Gasteiger partial charge in [-0.1, -0.05) is 18.2 Å². The summed E-state index contributed by atoms with van der Waals surface area (Å²) in [5, 5.41) is 0. The number of anilines is 1. The molecule has 0 unspecified atom stereocenters. The minimum Gasteiger partial charge on any atom is -0.336 e. The zero-order valence-corrected chi connectivity index (χ0v) is 15.3. The van der Waals surface area contributed by atoms with E-state index in [0.717, 1.165) is 64.3 Å². The monoisotopic (exact) mass is 353 g/mol. The molecule has 0 aliphatic carbocycles. The van der Waals surface area contributed by atoms with E-state index < -0.39 is 0 Å². The molecule has 3 heterocycles. The van der Waals surface area contributed by atoms with Gasteiger partial charge in [-0.2, -0.15) is 0 Å². The number of benzene rings is 1. The van der Waals surface area contributed by atoms with Crippen LogP contribution in [0.3, 0.4) is 0 Å². The molecule has 0 bridgehead atoms. The van der Waals surface area contributed by atoms with Gasteiger partial charge in [-0.3, -0.25) is 14.6 Å². The first-order valence-electron chi connectivity index (χ1n) is 9.58. The van der Waals surface area contributed by atoms with Gasteiger partial charge in [-0.25, -0.2) is 4.98 Å². The first-order valence-corrected chi connectivity index (χ1v) is 9.58. The second-order valence-corrected chi connectivity index (χ2v) is 7.20. The molecular formula is C20H27N5O. The molecule has 6 nitrogen and oxygen atoms in total. The van der Waals surface area contributed by atoms with Gasteiger partial charge in [-0.05, 0) is 24.5 Å². The molecule has 138 valence electrons. The fourth-order valence-electron chi connectivity index (χ4n) is 3.92. The van der Waals surface area contributed by atoms with Crippen LogP contribution in [0.25, 0.3) is 0 Å². The van der Waals surface area contributed by atoms with E-state index in [1.807, 2.05) is 29.7 Å². The van der Waals surface area contributed by atoms with Crippen molar-refractivity contribution in [2.24, 2.45) is 0 Å². The van der Waals surface area contributed by atoms with E-state index in [9.17, 15) is 4.79 Å². The first-order chi connectivity index (χ1) is 12.8. The molecular weight excluding hydrogens is 326 g/mol. The van der Waals surface area contributed by atoms with E-state index in [-0.39, 0.29) is 5.91 Å². The average Bonchev–Trinajstić information content (AvgIpc) is 3.20. The van der Waals surface area contributed by atoms with Crippen LogP contribution in [-0.2, 0) is 17.8 Å². The van der Waals surface area contributed by atoms with Gasteiger partial charge < -0.3 is 9.47 Å². The highest BCUT2D eigenvalue weighted by molar-refractivity contribution is 5.95. The summed E-state index contributed by atoms with van der Waals surface area (Å²) in [5.74, 6) is 0.240. The summed E-state index contributed by atoms with van der Waals surface area (Å²) in [6.45, 7) is 7.37.